The molecule has 0 aliphatic carbocycles. The first-order valence-electron chi connectivity index (χ1n) is 4.84. The van der Waals surface area contributed by atoms with Crippen LogP contribution in [0.15, 0.2) is 23.0 Å². The fraction of sp³-hybridized carbons (Fsp3) is 0.444. The summed E-state index contributed by atoms with van der Waals surface area (Å²) in [6, 6.07) is 0. The molecule has 7 nitrogen and oxygen atoms in total. The molecule has 0 saturated heterocycles. The Morgan fingerprint density at radius 1 is 1.69 bits per heavy atom. The van der Waals surface area contributed by atoms with Crippen molar-refractivity contribution in [1.82, 2.24) is 14.5 Å². The summed E-state index contributed by atoms with van der Waals surface area (Å²) in [7, 11) is 0. The molecule has 1 atom stereocenters. The van der Waals surface area contributed by atoms with E-state index in [1.54, 1.807) is 6.08 Å². The van der Waals surface area contributed by atoms with Crippen molar-refractivity contribution >= 4 is 5.95 Å². The Morgan fingerprint density at radius 2 is 2.50 bits per heavy atom. The highest BCUT2D eigenvalue weighted by atomic mass is 16.5. The minimum absolute atomic E-state index is 0.0391. The molecular formula is C9H12N4O3. The van der Waals surface area contributed by atoms with Crippen LogP contribution in [0.25, 0.3) is 0 Å². The lowest BCUT2D eigenvalue weighted by atomic mass is 10.2. The normalized spacial score (nSPS) is 19.3. The molecule has 0 fully saturated rings. The second-order valence-corrected chi connectivity index (χ2v) is 3.45. The molecule has 1 aromatic heterocycles. The summed E-state index contributed by atoms with van der Waals surface area (Å²) < 4.78 is 6.69. The number of hydrogen-bond acceptors (Lipinski definition) is 6. The van der Waals surface area contributed by atoms with Gasteiger partial charge in [-0.2, -0.15) is 4.98 Å². The monoisotopic (exact) mass is 224 g/mol. The number of nitrogens with zero attached hydrogens (tertiary/aromatic N) is 3. The van der Waals surface area contributed by atoms with E-state index in [0.29, 0.717) is 18.7 Å². The van der Waals surface area contributed by atoms with Crippen LogP contribution >= 0.6 is 0 Å². The Kier molecular flexibility index (Phi) is 2.86. The van der Waals surface area contributed by atoms with Crippen LogP contribution in [0.3, 0.4) is 0 Å². The summed E-state index contributed by atoms with van der Waals surface area (Å²) in [5.41, 5.74) is 4.82. The molecule has 2 heterocycles. The van der Waals surface area contributed by atoms with E-state index in [0.717, 1.165) is 0 Å². The van der Waals surface area contributed by atoms with Crippen molar-refractivity contribution in [3.8, 4) is 0 Å². The van der Waals surface area contributed by atoms with Gasteiger partial charge in [-0.1, -0.05) is 0 Å². The number of nitrogens with two attached hydrogens (primary N) is 1. The first kappa shape index (κ1) is 10.6. The van der Waals surface area contributed by atoms with Gasteiger partial charge in [0.1, 0.15) is 24.8 Å². The molecule has 16 heavy (non-hydrogen) atoms. The maximum Gasteiger partial charge on any atom is 0.352 e. The van der Waals surface area contributed by atoms with Gasteiger partial charge in [-0.3, -0.25) is 4.57 Å². The molecule has 0 radical (unpaired) electrons. The molecule has 0 amide bonds. The standard InChI is InChI=1S/C9H12N4O3/c10-8-11-5-13(9(15)12-8)3-6-1-2-7(4-14)16-6/h2,5-6,14H,1,3-4H2,(H2,10,12,15). The summed E-state index contributed by atoms with van der Waals surface area (Å²) in [5, 5.41) is 8.84. The smallest absolute Gasteiger partial charge is 0.352 e. The number of ether oxygens (including phenoxy) is 1. The molecule has 0 bridgehead atoms. The maximum absolute atomic E-state index is 11.4. The molecule has 7 heteroatoms. The number of aliphatic hydroxyl groups excluding tert-OH is 1. The molecule has 0 aromatic carbocycles. The van der Waals surface area contributed by atoms with E-state index in [4.69, 9.17) is 15.6 Å². The van der Waals surface area contributed by atoms with Crippen molar-refractivity contribution in [3.63, 3.8) is 0 Å². The van der Waals surface area contributed by atoms with Gasteiger partial charge in [-0.15, -0.1) is 0 Å². The van der Waals surface area contributed by atoms with Gasteiger partial charge in [0.15, 0.2) is 0 Å². The van der Waals surface area contributed by atoms with Gasteiger partial charge in [-0.25, -0.2) is 9.78 Å². The van der Waals surface area contributed by atoms with E-state index in [2.05, 4.69) is 9.97 Å². The third kappa shape index (κ3) is 2.19. The SMILES string of the molecule is Nc1ncn(CC2CC=C(CO)O2)c(=O)n1. The van der Waals surface area contributed by atoms with Crippen LogP contribution in [-0.4, -0.2) is 32.4 Å². The number of aliphatic hydroxyl groups is 1. The van der Waals surface area contributed by atoms with Crippen LogP contribution in [0, 0.1) is 0 Å². The molecule has 0 saturated carbocycles. The van der Waals surface area contributed by atoms with Crippen molar-refractivity contribution in [1.29, 1.82) is 0 Å². The Morgan fingerprint density at radius 3 is 3.12 bits per heavy atom. The molecule has 2 rings (SSSR count). The van der Waals surface area contributed by atoms with Crippen molar-refractivity contribution in [3.05, 3.63) is 28.6 Å². The highest BCUT2D eigenvalue weighted by Crippen LogP contribution is 2.17. The van der Waals surface area contributed by atoms with Crippen molar-refractivity contribution < 1.29 is 9.84 Å². The lowest BCUT2D eigenvalue weighted by Crippen LogP contribution is -2.29. The largest absolute Gasteiger partial charge is 0.490 e. The molecule has 3 N–H and O–H groups in total. The summed E-state index contributed by atoms with van der Waals surface area (Å²) in [4.78, 5) is 18.6. The highest BCUT2D eigenvalue weighted by Gasteiger charge is 2.18. The van der Waals surface area contributed by atoms with E-state index < -0.39 is 5.69 Å². The fourth-order valence-corrected chi connectivity index (χ4v) is 1.50. The maximum atomic E-state index is 11.4. The second kappa shape index (κ2) is 4.31. The zero-order valence-corrected chi connectivity index (χ0v) is 8.54. The average molecular weight is 224 g/mol. The first-order chi connectivity index (χ1) is 7.69. The van der Waals surface area contributed by atoms with Gasteiger partial charge in [0.25, 0.3) is 0 Å². The number of rotatable bonds is 3. The third-order valence-corrected chi connectivity index (χ3v) is 2.27. The number of aromatic nitrogens is 3. The lowest BCUT2D eigenvalue weighted by Gasteiger charge is -2.13. The second-order valence-electron chi connectivity index (χ2n) is 3.45. The van der Waals surface area contributed by atoms with E-state index in [-0.39, 0.29) is 18.7 Å². The zero-order valence-electron chi connectivity index (χ0n) is 8.54. The third-order valence-electron chi connectivity index (χ3n) is 2.27. The van der Waals surface area contributed by atoms with Gasteiger partial charge < -0.3 is 15.6 Å². The summed E-state index contributed by atoms with van der Waals surface area (Å²) in [5.74, 6) is 0.497. The van der Waals surface area contributed by atoms with E-state index in [9.17, 15) is 4.79 Å². The topological polar surface area (TPSA) is 103 Å². The van der Waals surface area contributed by atoms with Crippen LogP contribution in [0.5, 0.6) is 0 Å². The zero-order chi connectivity index (χ0) is 11.5. The fourth-order valence-electron chi connectivity index (χ4n) is 1.50. The van der Waals surface area contributed by atoms with Gasteiger partial charge in [-0.05, 0) is 6.08 Å². The Labute approximate surface area is 91.2 Å². The Balaban J connectivity index is 2.03. The summed E-state index contributed by atoms with van der Waals surface area (Å²) in [6.07, 6.45) is 3.64. The number of hydrogen-bond donors (Lipinski definition) is 2. The Hall–Kier alpha value is -1.89. The summed E-state index contributed by atoms with van der Waals surface area (Å²) in [6.45, 7) is 0.225. The first-order valence-corrected chi connectivity index (χ1v) is 4.84. The molecule has 1 aliphatic heterocycles. The lowest BCUT2D eigenvalue weighted by molar-refractivity contribution is 0.0994. The molecular weight excluding hydrogens is 212 g/mol. The van der Waals surface area contributed by atoms with Crippen molar-refractivity contribution in [2.45, 2.75) is 19.1 Å². The van der Waals surface area contributed by atoms with Gasteiger partial charge in [0, 0.05) is 6.42 Å². The van der Waals surface area contributed by atoms with Crippen LogP contribution in [-0.2, 0) is 11.3 Å². The van der Waals surface area contributed by atoms with Gasteiger partial charge >= 0.3 is 5.69 Å². The van der Waals surface area contributed by atoms with E-state index in [1.165, 1.54) is 10.9 Å². The van der Waals surface area contributed by atoms with Gasteiger partial charge in [0.05, 0.1) is 6.54 Å². The van der Waals surface area contributed by atoms with Crippen LogP contribution in [0.1, 0.15) is 6.42 Å². The number of anilines is 1. The molecule has 1 aromatic rings. The van der Waals surface area contributed by atoms with Crippen molar-refractivity contribution in [2.24, 2.45) is 0 Å². The minimum atomic E-state index is -0.450. The van der Waals surface area contributed by atoms with Crippen molar-refractivity contribution in [2.75, 3.05) is 12.3 Å². The average Bonchev–Trinajstić information content (AvgIpc) is 2.70. The van der Waals surface area contributed by atoms with E-state index >= 15 is 0 Å². The van der Waals surface area contributed by atoms with E-state index in [1.807, 2.05) is 0 Å². The molecule has 1 unspecified atom stereocenters. The highest BCUT2D eigenvalue weighted by molar-refractivity contribution is 5.09. The summed E-state index contributed by atoms with van der Waals surface area (Å²) >= 11 is 0. The predicted octanol–water partition coefficient (Wildman–Crippen LogP) is -1.11. The van der Waals surface area contributed by atoms with Crippen LogP contribution < -0.4 is 11.4 Å². The molecule has 0 spiro atoms. The minimum Gasteiger partial charge on any atom is -0.490 e. The van der Waals surface area contributed by atoms with Crippen LogP contribution in [0.4, 0.5) is 5.95 Å². The van der Waals surface area contributed by atoms with Gasteiger partial charge in [0.2, 0.25) is 5.95 Å². The Bertz CT molecular complexity index is 468. The quantitative estimate of drug-likeness (QED) is 0.674. The molecule has 86 valence electrons. The predicted molar refractivity (Wildman–Crippen MR) is 55.4 cm³/mol. The van der Waals surface area contributed by atoms with Crippen LogP contribution in [0.2, 0.25) is 0 Å². The number of nitrogen functional groups attached to an aromatic ring is 1. The molecule has 1 aliphatic rings.